The Kier molecular flexibility index (Phi) is 3.29. The van der Waals surface area contributed by atoms with Gasteiger partial charge < -0.3 is 5.11 Å². The third-order valence-electron chi connectivity index (χ3n) is 5.63. The molecule has 0 atom stereocenters. The molecule has 0 unspecified atom stereocenters. The monoisotopic (exact) mass is 480 g/mol. The summed E-state index contributed by atoms with van der Waals surface area (Å²) >= 11 is 4.72. The van der Waals surface area contributed by atoms with E-state index in [1.807, 2.05) is 6.07 Å². The summed E-state index contributed by atoms with van der Waals surface area (Å²) in [4.78, 5) is 0. The molecule has 19 heavy (non-hydrogen) atoms. The molecule has 0 spiro atoms. The smallest absolute Gasteiger partial charge is 0.121 e. The summed E-state index contributed by atoms with van der Waals surface area (Å²) < 4.78 is 2.42. The van der Waals surface area contributed by atoms with Crippen LogP contribution in [0.25, 0.3) is 0 Å². The van der Waals surface area contributed by atoms with Crippen LogP contribution in [0, 0.1) is 30.8 Å². The first-order valence-corrected chi connectivity index (χ1v) is 9.45. The number of aromatic hydroxyl groups is 1. The Hall–Kier alpha value is 0.480. The highest BCUT2D eigenvalue weighted by molar-refractivity contribution is 14.1. The van der Waals surface area contributed by atoms with E-state index in [1.165, 1.54) is 41.2 Å². The fourth-order valence-electron chi connectivity index (χ4n) is 5.30. The minimum Gasteiger partial charge on any atom is -0.508 e. The van der Waals surface area contributed by atoms with E-state index in [-0.39, 0.29) is 0 Å². The minimum atomic E-state index is 0.550. The van der Waals surface area contributed by atoms with Crippen LogP contribution in [0.4, 0.5) is 0 Å². The van der Waals surface area contributed by atoms with Crippen molar-refractivity contribution in [3.63, 3.8) is 0 Å². The van der Waals surface area contributed by atoms with E-state index in [1.54, 1.807) is 0 Å². The maximum atomic E-state index is 10.4. The van der Waals surface area contributed by atoms with E-state index in [9.17, 15) is 5.11 Å². The van der Waals surface area contributed by atoms with Crippen LogP contribution in [0.2, 0.25) is 0 Å². The van der Waals surface area contributed by atoms with E-state index in [0.29, 0.717) is 11.7 Å². The quantitative estimate of drug-likeness (QED) is 0.553. The third-order valence-corrected chi connectivity index (χ3v) is 7.15. The summed E-state index contributed by atoms with van der Waals surface area (Å²) in [6, 6.07) is 4.17. The van der Waals surface area contributed by atoms with Gasteiger partial charge in [-0.3, -0.25) is 0 Å². The number of hydrogen-bond donors (Lipinski definition) is 1. The standard InChI is InChI=1S/C16H18I2O/c17-12-6-13(18)16(14(19)7-12)15-10-2-8-1-9(4-10)5-11(15)3-8/h6-11,15,19H,1-5H2. The molecule has 1 aromatic rings. The highest BCUT2D eigenvalue weighted by atomic mass is 127. The molecule has 1 N–H and O–H groups in total. The van der Waals surface area contributed by atoms with Gasteiger partial charge in [-0.05, 0) is 119 Å². The van der Waals surface area contributed by atoms with Crippen LogP contribution in [0.15, 0.2) is 12.1 Å². The predicted molar refractivity (Wildman–Crippen MR) is 93.3 cm³/mol. The Labute approximate surface area is 141 Å². The minimum absolute atomic E-state index is 0.550. The van der Waals surface area contributed by atoms with Crippen molar-refractivity contribution in [2.24, 2.45) is 23.7 Å². The van der Waals surface area contributed by atoms with Gasteiger partial charge in [-0.25, -0.2) is 0 Å². The first-order valence-electron chi connectivity index (χ1n) is 7.29. The lowest BCUT2D eigenvalue weighted by molar-refractivity contribution is -0.00374. The molecule has 4 aliphatic carbocycles. The topological polar surface area (TPSA) is 20.2 Å². The lowest BCUT2D eigenvalue weighted by atomic mass is 9.50. The second-order valence-electron chi connectivity index (χ2n) is 6.78. The normalized spacial score (nSPS) is 39.8. The molecule has 4 saturated carbocycles. The fraction of sp³-hybridized carbons (Fsp3) is 0.625. The van der Waals surface area contributed by atoms with E-state index in [4.69, 9.17) is 0 Å². The van der Waals surface area contributed by atoms with E-state index < -0.39 is 0 Å². The van der Waals surface area contributed by atoms with E-state index >= 15 is 0 Å². The van der Waals surface area contributed by atoms with E-state index in [0.717, 1.165) is 27.2 Å². The van der Waals surface area contributed by atoms with Crippen molar-refractivity contribution in [3.8, 4) is 5.75 Å². The fourth-order valence-corrected chi connectivity index (χ4v) is 7.47. The Morgan fingerprint density at radius 2 is 1.47 bits per heavy atom. The number of benzene rings is 1. The summed E-state index contributed by atoms with van der Waals surface area (Å²) in [5, 5.41) is 10.4. The molecule has 0 aliphatic heterocycles. The average Bonchev–Trinajstić information content (AvgIpc) is 2.30. The molecule has 0 aromatic heterocycles. The number of phenols is 1. The van der Waals surface area contributed by atoms with Crippen LogP contribution < -0.4 is 0 Å². The van der Waals surface area contributed by atoms with Crippen molar-refractivity contribution in [3.05, 3.63) is 24.8 Å². The molecule has 0 saturated heterocycles. The molecular formula is C16H18I2O. The van der Waals surface area contributed by atoms with Crippen LogP contribution in [-0.2, 0) is 0 Å². The van der Waals surface area contributed by atoms with Crippen molar-refractivity contribution in [2.45, 2.75) is 38.0 Å². The van der Waals surface area contributed by atoms with Gasteiger partial charge in [-0.2, -0.15) is 0 Å². The number of hydrogen-bond acceptors (Lipinski definition) is 1. The Bertz CT molecular complexity index is 474. The van der Waals surface area contributed by atoms with Crippen molar-refractivity contribution in [2.75, 3.05) is 0 Å². The van der Waals surface area contributed by atoms with Gasteiger partial charge in [0.25, 0.3) is 0 Å². The number of phenolic OH excluding ortho intramolecular Hbond substituents is 1. The van der Waals surface area contributed by atoms with Gasteiger partial charge in [-0.15, -0.1) is 0 Å². The van der Waals surface area contributed by atoms with Gasteiger partial charge in [0, 0.05) is 12.7 Å². The van der Waals surface area contributed by atoms with E-state index in [2.05, 4.69) is 51.2 Å². The largest absolute Gasteiger partial charge is 0.508 e. The summed E-state index contributed by atoms with van der Waals surface area (Å²) in [7, 11) is 0. The molecule has 4 fully saturated rings. The lowest BCUT2D eigenvalue weighted by Crippen LogP contribution is -2.44. The molecule has 5 rings (SSSR count). The van der Waals surface area contributed by atoms with Crippen LogP contribution in [0.5, 0.6) is 5.75 Å². The van der Waals surface area contributed by atoms with Gasteiger partial charge >= 0.3 is 0 Å². The zero-order chi connectivity index (χ0) is 13.1. The Balaban J connectivity index is 1.77. The molecule has 0 amide bonds. The average molecular weight is 480 g/mol. The first-order chi connectivity index (χ1) is 9.11. The number of halogens is 2. The van der Waals surface area contributed by atoms with Crippen molar-refractivity contribution in [1.82, 2.24) is 0 Å². The van der Waals surface area contributed by atoms with Crippen molar-refractivity contribution < 1.29 is 5.11 Å². The van der Waals surface area contributed by atoms with Gasteiger partial charge in [-0.1, -0.05) is 0 Å². The van der Waals surface area contributed by atoms with Crippen LogP contribution >= 0.6 is 45.2 Å². The van der Waals surface area contributed by atoms with Gasteiger partial charge in [0.15, 0.2) is 0 Å². The van der Waals surface area contributed by atoms with Crippen molar-refractivity contribution in [1.29, 1.82) is 0 Å². The Morgan fingerprint density at radius 3 is 2.00 bits per heavy atom. The van der Waals surface area contributed by atoms with Gasteiger partial charge in [0.1, 0.15) is 5.75 Å². The second-order valence-corrected chi connectivity index (χ2v) is 9.18. The van der Waals surface area contributed by atoms with Crippen molar-refractivity contribution >= 4 is 45.2 Å². The molecule has 102 valence electrons. The third kappa shape index (κ3) is 2.14. The predicted octanol–water partition coefficient (Wildman–Crippen LogP) is 5.14. The molecule has 0 heterocycles. The number of rotatable bonds is 1. The van der Waals surface area contributed by atoms with Crippen LogP contribution in [0.1, 0.15) is 43.6 Å². The highest BCUT2D eigenvalue weighted by Gasteiger charge is 2.49. The summed E-state index contributed by atoms with van der Waals surface area (Å²) in [5.41, 5.74) is 1.27. The van der Waals surface area contributed by atoms with Gasteiger partial charge in [0.2, 0.25) is 0 Å². The maximum absolute atomic E-state index is 10.4. The molecule has 4 bridgehead atoms. The summed E-state index contributed by atoms with van der Waals surface area (Å²) in [6.07, 6.45) is 7.16. The summed E-state index contributed by atoms with van der Waals surface area (Å²) in [5.74, 6) is 4.88. The highest BCUT2D eigenvalue weighted by Crippen LogP contribution is 2.61. The molecule has 1 nitrogen and oxygen atoms in total. The molecule has 0 radical (unpaired) electrons. The summed E-state index contributed by atoms with van der Waals surface area (Å²) in [6.45, 7) is 0. The molecular weight excluding hydrogens is 462 g/mol. The lowest BCUT2D eigenvalue weighted by Gasteiger charge is -2.54. The van der Waals surface area contributed by atoms with Crippen LogP contribution in [0.3, 0.4) is 0 Å². The van der Waals surface area contributed by atoms with Crippen LogP contribution in [-0.4, -0.2) is 5.11 Å². The first kappa shape index (κ1) is 13.2. The zero-order valence-corrected chi connectivity index (χ0v) is 15.1. The molecule has 1 aromatic carbocycles. The van der Waals surface area contributed by atoms with Gasteiger partial charge in [0.05, 0.1) is 0 Å². The zero-order valence-electron chi connectivity index (χ0n) is 10.8. The SMILES string of the molecule is Oc1cc(I)cc(I)c1C1C2CC3CC(C2)CC1C3. The second kappa shape index (κ2) is 4.75. The maximum Gasteiger partial charge on any atom is 0.121 e. The Morgan fingerprint density at radius 1 is 0.895 bits per heavy atom. The molecule has 4 aliphatic rings. The molecule has 3 heteroatoms.